The van der Waals surface area contributed by atoms with Crippen LogP contribution in [0.2, 0.25) is 5.02 Å². The normalized spacial score (nSPS) is 11.9. The van der Waals surface area contributed by atoms with Crippen LogP contribution < -0.4 is 11.1 Å². The van der Waals surface area contributed by atoms with E-state index in [4.69, 9.17) is 29.6 Å². The summed E-state index contributed by atoms with van der Waals surface area (Å²) in [4.78, 5) is 12.0. The second kappa shape index (κ2) is 5.61. The average Bonchev–Trinajstić information content (AvgIpc) is 2.16. The maximum Gasteiger partial charge on any atom is 0.252 e. The smallest absolute Gasteiger partial charge is 0.252 e. The second-order valence-electron chi connectivity index (χ2n) is 3.22. The number of hydrogen-bond acceptors (Lipinski definition) is 2. The number of thiocarbonyl (C=S) groups is 1. The minimum absolute atomic E-state index is 0.246. The van der Waals surface area contributed by atoms with E-state index in [1.807, 2.05) is 0 Å². The second-order valence-corrected chi connectivity index (χ2v) is 4.98. The van der Waals surface area contributed by atoms with Crippen molar-refractivity contribution in [2.75, 3.05) is 0 Å². The van der Waals surface area contributed by atoms with Crippen molar-refractivity contribution in [3.05, 3.63) is 33.3 Å². The molecule has 86 valence electrons. The molecule has 3 N–H and O–H groups in total. The fourth-order valence-electron chi connectivity index (χ4n) is 1.02. The van der Waals surface area contributed by atoms with Crippen LogP contribution in [0.5, 0.6) is 0 Å². The van der Waals surface area contributed by atoms with Gasteiger partial charge in [0.15, 0.2) is 0 Å². The lowest BCUT2D eigenvalue weighted by atomic mass is 10.2. The van der Waals surface area contributed by atoms with Gasteiger partial charge < -0.3 is 11.1 Å². The van der Waals surface area contributed by atoms with Gasteiger partial charge in [0.2, 0.25) is 0 Å². The van der Waals surface area contributed by atoms with E-state index in [0.717, 1.165) is 0 Å². The highest BCUT2D eigenvalue weighted by Crippen LogP contribution is 2.21. The van der Waals surface area contributed by atoms with Gasteiger partial charge in [0, 0.05) is 9.50 Å². The molecule has 0 aliphatic heterocycles. The van der Waals surface area contributed by atoms with Gasteiger partial charge in [0.25, 0.3) is 5.91 Å². The van der Waals surface area contributed by atoms with Crippen molar-refractivity contribution in [3.63, 3.8) is 0 Å². The van der Waals surface area contributed by atoms with E-state index in [-0.39, 0.29) is 16.9 Å². The van der Waals surface area contributed by atoms with Crippen LogP contribution in [0.4, 0.5) is 0 Å². The van der Waals surface area contributed by atoms with E-state index in [1.54, 1.807) is 25.1 Å². The standard InChI is InChI=1S/C10H10BrClN2OS/c1-5(9(13)16)14-10(15)7-3-2-6(12)4-8(7)11/h2-5H,1H3,(H2,13,16)(H,14,15). The Balaban J connectivity index is 2.85. The van der Waals surface area contributed by atoms with Gasteiger partial charge in [-0.2, -0.15) is 0 Å². The minimum Gasteiger partial charge on any atom is -0.392 e. The summed E-state index contributed by atoms with van der Waals surface area (Å²) in [5.74, 6) is -0.246. The number of rotatable bonds is 3. The van der Waals surface area contributed by atoms with Crippen LogP contribution in [0, 0.1) is 0 Å². The third-order valence-corrected chi connectivity index (χ3v) is 3.19. The zero-order valence-electron chi connectivity index (χ0n) is 8.46. The molecule has 1 amide bonds. The molecule has 1 atom stereocenters. The zero-order chi connectivity index (χ0) is 12.3. The van der Waals surface area contributed by atoms with Gasteiger partial charge >= 0.3 is 0 Å². The van der Waals surface area contributed by atoms with E-state index >= 15 is 0 Å². The number of hydrogen-bond donors (Lipinski definition) is 2. The first-order chi connectivity index (χ1) is 7.41. The molecule has 0 spiro atoms. The molecule has 0 aromatic heterocycles. The summed E-state index contributed by atoms with van der Waals surface area (Å²) in [6.45, 7) is 1.73. The van der Waals surface area contributed by atoms with Crippen LogP contribution >= 0.6 is 39.7 Å². The molecule has 0 aliphatic rings. The van der Waals surface area contributed by atoms with E-state index in [0.29, 0.717) is 15.1 Å². The molecule has 6 heteroatoms. The van der Waals surface area contributed by atoms with Crippen molar-refractivity contribution in [3.8, 4) is 0 Å². The molecular formula is C10H10BrClN2OS. The number of carbonyl (C=O) groups excluding carboxylic acids is 1. The average molecular weight is 322 g/mol. The molecule has 0 saturated carbocycles. The van der Waals surface area contributed by atoms with Crippen molar-refractivity contribution in [1.29, 1.82) is 0 Å². The third kappa shape index (κ3) is 3.43. The largest absolute Gasteiger partial charge is 0.392 e. The molecule has 1 rings (SSSR count). The summed E-state index contributed by atoms with van der Waals surface area (Å²) in [5.41, 5.74) is 5.90. The SMILES string of the molecule is CC(NC(=O)c1ccc(Cl)cc1Br)C(N)=S. The van der Waals surface area contributed by atoms with Crippen molar-refractivity contribution < 1.29 is 4.79 Å². The van der Waals surface area contributed by atoms with Gasteiger partial charge in [-0.25, -0.2) is 0 Å². The summed E-state index contributed by atoms with van der Waals surface area (Å²) in [7, 11) is 0. The molecule has 1 aromatic rings. The molecule has 3 nitrogen and oxygen atoms in total. The van der Waals surface area contributed by atoms with Crippen molar-refractivity contribution in [2.45, 2.75) is 13.0 Å². The zero-order valence-corrected chi connectivity index (χ0v) is 11.6. The molecule has 16 heavy (non-hydrogen) atoms. The van der Waals surface area contributed by atoms with Crippen molar-refractivity contribution >= 4 is 50.6 Å². The molecule has 0 aliphatic carbocycles. The minimum atomic E-state index is -0.343. The van der Waals surface area contributed by atoms with Gasteiger partial charge in [-0.1, -0.05) is 23.8 Å². The monoisotopic (exact) mass is 320 g/mol. The van der Waals surface area contributed by atoms with Gasteiger partial charge in [-0.3, -0.25) is 4.79 Å². The van der Waals surface area contributed by atoms with Crippen molar-refractivity contribution in [2.24, 2.45) is 5.73 Å². The van der Waals surface area contributed by atoms with Gasteiger partial charge in [0.05, 0.1) is 16.6 Å². The Bertz CT molecular complexity index is 439. The summed E-state index contributed by atoms with van der Waals surface area (Å²) in [6.07, 6.45) is 0. The van der Waals surface area contributed by atoms with Crippen LogP contribution in [0.1, 0.15) is 17.3 Å². The molecule has 1 unspecified atom stereocenters. The third-order valence-electron chi connectivity index (χ3n) is 1.95. The number of carbonyl (C=O) groups is 1. The Kier molecular flexibility index (Phi) is 4.70. The summed E-state index contributed by atoms with van der Waals surface area (Å²) >= 11 is 13.8. The summed E-state index contributed by atoms with van der Waals surface area (Å²) in [6, 6.07) is 4.59. The summed E-state index contributed by atoms with van der Waals surface area (Å²) in [5, 5.41) is 3.24. The Morgan fingerprint density at radius 1 is 1.62 bits per heavy atom. The maximum absolute atomic E-state index is 11.8. The first kappa shape index (κ1) is 13.4. The predicted octanol–water partition coefficient (Wildman–Crippen LogP) is 2.51. The number of amides is 1. The topological polar surface area (TPSA) is 55.1 Å². The molecule has 0 heterocycles. The van der Waals surface area contributed by atoms with Crippen molar-refractivity contribution in [1.82, 2.24) is 5.32 Å². The number of benzene rings is 1. The van der Waals surface area contributed by atoms with Crippen LogP contribution in [0.15, 0.2) is 22.7 Å². The molecule has 0 radical (unpaired) electrons. The first-order valence-electron chi connectivity index (χ1n) is 4.47. The Hall–Kier alpha value is -0.650. The number of nitrogens with one attached hydrogen (secondary N) is 1. The number of nitrogens with two attached hydrogens (primary N) is 1. The van der Waals surface area contributed by atoms with Gasteiger partial charge in [0.1, 0.15) is 0 Å². The predicted molar refractivity (Wildman–Crippen MR) is 72.9 cm³/mol. The van der Waals surface area contributed by atoms with Crippen LogP contribution in [0.25, 0.3) is 0 Å². The molecule has 0 fully saturated rings. The highest BCUT2D eigenvalue weighted by molar-refractivity contribution is 9.10. The first-order valence-corrected chi connectivity index (χ1v) is 6.05. The fraction of sp³-hybridized carbons (Fsp3) is 0.200. The Labute approximate surface area is 112 Å². The molecule has 0 bridgehead atoms. The number of halogens is 2. The summed E-state index contributed by atoms with van der Waals surface area (Å²) < 4.78 is 0.632. The Morgan fingerprint density at radius 3 is 2.75 bits per heavy atom. The maximum atomic E-state index is 11.8. The highest BCUT2D eigenvalue weighted by Gasteiger charge is 2.14. The molecule has 0 saturated heterocycles. The fourth-order valence-corrected chi connectivity index (χ4v) is 1.94. The van der Waals surface area contributed by atoms with Gasteiger partial charge in [-0.15, -0.1) is 0 Å². The quantitative estimate of drug-likeness (QED) is 0.841. The van der Waals surface area contributed by atoms with E-state index < -0.39 is 0 Å². The lowest BCUT2D eigenvalue weighted by Crippen LogP contribution is -2.41. The molecular weight excluding hydrogens is 312 g/mol. The lowest BCUT2D eigenvalue weighted by molar-refractivity contribution is 0.0948. The molecule has 1 aromatic carbocycles. The van der Waals surface area contributed by atoms with Gasteiger partial charge in [-0.05, 0) is 41.1 Å². The lowest BCUT2D eigenvalue weighted by Gasteiger charge is -2.12. The van der Waals surface area contributed by atoms with Crippen LogP contribution in [-0.4, -0.2) is 16.9 Å². The van der Waals surface area contributed by atoms with E-state index in [2.05, 4.69) is 21.2 Å². The van der Waals surface area contributed by atoms with E-state index in [1.165, 1.54) is 0 Å². The Morgan fingerprint density at radius 2 is 2.25 bits per heavy atom. The van der Waals surface area contributed by atoms with Crippen LogP contribution in [-0.2, 0) is 0 Å². The highest BCUT2D eigenvalue weighted by atomic mass is 79.9. The van der Waals surface area contributed by atoms with Crippen LogP contribution in [0.3, 0.4) is 0 Å². The van der Waals surface area contributed by atoms with E-state index in [9.17, 15) is 4.79 Å².